The Hall–Kier alpha value is -0.650. The van der Waals surface area contributed by atoms with E-state index in [1.165, 1.54) is 161 Å². The smallest absolute Gasteiger partial charge is 0.220 e. The number of carbonyl (C=O) groups excluding carboxylic acids is 1. The molecule has 0 aromatic rings. The Bertz CT molecular complexity index is 587. The van der Waals surface area contributed by atoms with Crippen LogP contribution in [0.15, 0.2) is 0 Å². The van der Waals surface area contributed by atoms with Crippen molar-refractivity contribution in [3.63, 3.8) is 0 Å². The van der Waals surface area contributed by atoms with E-state index < -0.39 is 18.2 Å². The van der Waals surface area contributed by atoms with Gasteiger partial charge in [0, 0.05) is 6.42 Å². The topological polar surface area (TPSA) is 89.8 Å². The standard InChI is InChI=1S/C40H81NO4/c1-3-5-7-9-11-13-15-16-17-18-19-20-21-22-23-24-25-27-29-31-33-35-39(44)41-37(36-42)40(45)38(43)34-32-30-28-26-14-12-10-8-6-4-2/h37-38,40,42-43,45H,3-36H2,1-2H3,(H,41,44)/t37-,38+,40-/m0/s1. The van der Waals surface area contributed by atoms with Gasteiger partial charge >= 0.3 is 0 Å². The van der Waals surface area contributed by atoms with E-state index in [4.69, 9.17) is 0 Å². The van der Waals surface area contributed by atoms with Crippen molar-refractivity contribution in [2.75, 3.05) is 6.61 Å². The van der Waals surface area contributed by atoms with Gasteiger partial charge in [0.05, 0.1) is 18.8 Å². The van der Waals surface area contributed by atoms with Gasteiger partial charge in [-0.15, -0.1) is 0 Å². The zero-order chi connectivity index (χ0) is 33.1. The fourth-order valence-electron chi connectivity index (χ4n) is 6.52. The van der Waals surface area contributed by atoms with Crippen molar-refractivity contribution in [2.24, 2.45) is 0 Å². The minimum atomic E-state index is -1.13. The van der Waals surface area contributed by atoms with Gasteiger partial charge < -0.3 is 20.6 Å². The van der Waals surface area contributed by atoms with Crippen LogP contribution in [0.3, 0.4) is 0 Å². The minimum Gasteiger partial charge on any atom is -0.394 e. The van der Waals surface area contributed by atoms with E-state index in [-0.39, 0.29) is 12.5 Å². The van der Waals surface area contributed by atoms with Gasteiger partial charge in [-0.3, -0.25) is 4.79 Å². The highest BCUT2D eigenvalue weighted by atomic mass is 16.3. The molecule has 0 spiro atoms. The lowest BCUT2D eigenvalue weighted by Crippen LogP contribution is -2.50. The second-order valence-corrected chi connectivity index (χ2v) is 14.2. The summed E-state index contributed by atoms with van der Waals surface area (Å²) in [5.41, 5.74) is 0. The van der Waals surface area contributed by atoms with Crippen LogP contribution < -0.4 is 5.32 Å². The molecule has 0 rings (SSSR count). The van der Waals surface area contributed by atoms with Crippen LogP contribution >= 0.6 is 0 Å². The van der Waals surface area contributed by atoms with Crippen LogP contribution in [0.25, 0.3) is 0 Å². The van der Waals surface area contributed by atoms with Crippen LogP contribution in [0.2, 0.25) is 0 Å². The molecule has 0 heterocycles. The third kappa shape index (κ3) is 31.7. The lowest BCUT2D eigenvalue weighted by molar-refractivity contribution is -0.124. The number of hydrogen-bond acceptors (Lipinski definition) is 4. The molecule has 270 valence electrons. The molecule has 5 nitrogen and oxygen atoms in total. The summed E-state index contributed by atoms with van der Waals surface area (Å²) in [5, 5.41) is 33.3. The van der Waals surface area contributed by atoms with Crippen LogP contribution in [0.5, 0.6) is 0 Å². The maximum Gasteiger partial charge on any atom is 0.220 e. The van der Waals surface area contributed by atoms with Gasteiger partial charge in [0.25, 0.3) is 0 Å². The van der Waals surface area contributed by atoms with E-state index in [0.29, 0.717) is 12.8 Å². The van der Waals surface area contributed by atoms with Crippen LogP contribution in [-0.2, 0) is 4.79 Å². The molecule has 0 fully saturated rings. The fourth-order valence-corrected chi connectivity index (χ4v) is 6.52. The molecule has 0 aliphatic heterocycles. The van der Waals surface area contributed by atoms with Gasteiger partial charge in [-0.25, -0.2) is 0 Å². The Morgan fingerprint density at radius 1 is 0.467 bits per heavy atom. The predicted molar refractivity (Wildman–Crippen MR) is 195 cm³/mol. The number of rotatable bonds is 37. The molecule has 0 saturated heterocycles. The molecule has 0 aromatic heterocycles. The third-order valence-corrected chi connectivity index (χ3v) is 9.71. The normalized spacial score (nSPS) is 13.6. The van der Waals surface area contributed by atoms with Crippen LogP contribution in [0.1, 0.15) is 226 Å². The van der Waals surface area contributed by atoms with Crippen LogP contribution in [-0.4, -0.2) is 46.1 Å². The first-order valence-electron chi connectivity index (χ1n) is 20.3. The maximum absolute atomic E-state index is 12.4. The Morgan fingerprint density at radius 2 is 0.756 bits per heavy atom. The molecule has 3 atom stereocenters. The summed E-state index contributed by atoms with van der Waals surface area (Å²) in [6, 6.07) is -0.800. The van der Waals surface area contributed by atoms with Crippen molar-refractivity contribution >= 4 is 5.91 Å². The lowest BCUT2D eigenvalue weighted by Gasteiger charge is -2.26. The molecular formula is C40H81NO4. The fraction of sp³-hybridized carbons (Fsp3) is 0.975. The molecule has 0 unspecified atom stereocenters. The third-order valence-electron chi connectivity index (χ3n) is 9.71. The van der Waals surface area contributed by atoms with E-state index in [1.54, 1.807) is 0 Å². The highest BCUT2D eigenvalue weighted by Crippen LogP contribution is 2.16. The summed E-state index contributed by atoms with van der Waals surface area (Å²) in [6.45, 7) is 4.17. The molecule has 4 N–H and O–H groups in total. The highest BCUT2D eigenvalue weighted by Gasteiger charge is 2.26. The van der Waals surface area contributed by atoms with Crippen molar-refractivity contribution in [1.29, 1.82) is 0 Å². The second-order valence-electron chi connectivity index (χ2n) is 14.2. The van der Waals surface area contributed by atoms with E-state index in [2.05, 4.69) is 19.2 Å². The summed E-state index contributed by atoms with van der Waals surface area (Å²) in [7, 11) is 0. The van der Waals surface area contributed by atoms with E-state index in [0.717, 1.165) is 38.5 Å². The van der Waals surface area contributed by atoms with Crippen molar-refractivity contribution in [3.05, 3.63) is 0 Å². The number of nitrogens with one attached hydrogen (secondary N) is 1. The number of carbonyl (C=O) groups is 1. The van der Waals surface area contributed by atoms with Gasteiger partial charge in [0.1, 0.15) is 6.10 Å². The van der Waals surface area contributed by atoms with Gasteiger partial charge in [-0.05, 0) is 12.8 Å². The van der Waals surface area contributed by atoms with Crippen LogP contribution in [0, 0.1) is 0 Å². The SMILES string of the molecule is CCCCCCCCCCCCCCCCCCCCCCCC(=O)N[C@@H](CO)[C@H](O)[C@H](O)CCCCCCCCCCCC. The molecule has 1 amide bonds. The molecule has 0 aromatic carbocycles. The zero-order valence-corrected chi connectivity index (χ0v) is 30.5. The summed E-state index contributed by atoms with van der Waals surface area (Å²) in [5.74, 6) is -0.142. The number of unbranched alkanes of at least 4 members (excludes halogenated alkanes) is 29. The molecule has 0 radical (unpaired) electrons. The molecule has 45 heavy (non-hydrogen) atoms. The Balaban J connectivity index is 3.55. The van der Waals surface area contributed by atoms with Crippen molar-refractivity contribution < 1.29 is 20.1 Å². The lowest BCUT2D eigenvalue weighted by atomic mass is 9.99. The average molecular weight is 640 g/mol. The Labute approximate surface area is 281 Å². The van der Waals surface area contributed by atoms with Crippen molar-refractivity contribution in [1.82, 2.24) is 5.32 Å². The average Bonchev–Trinajstić information content (AvgIpc) is 3.04. The summed E-state index contributed by atoms with van der Waals surface area (Å²) < 4.78 is 0. The minimum absolute atomic E-state index is 0.142. The molecule has 0 aliphatic carbocycles. The maximum atomic E-state index is 12.4. The molecule has 5 heteroatoms. The first kappa shape index (κ1) is 44.4. The van der Waals surface area contributed by atoms with E-state index in [1.807, 2.05) is 0 Å². The molecule has 0 aliphatic rings. The van der Waals surface area contributed by atoms with Gasteiger partial charge in [0.15, 0.2) is 0 Å². The van der Waals surface area contributed by atoms with Gasteiger partial charge in [-0.1, -0.05) is 206 Å². The van der Waals surface area contributed by atoms with Gasteiger partial charge in [-0.2, -0.15) is 0 Å². The molecule has 0 bridgehead atoms. The van der Waals surface area contributed by atoms with E-state index >= 15 is 0 Å². The predicted octanol–water partition coefficient (Wildman–Crippen LogP) is 11.1. The summed E-state index contributed by atoms with van der Waals surface area (Å²) >= 11 is 0. The summed E-state index contributed by atoms with van der Waals surface area (Å²) in [6.07, 6.45) is 39.2. The summed E-state index contributed by atoms with van der Waals surface area (Å²) in [4.78, 5) is 12.4. The molecular weight excluding hydrogens is 558 g/mol. The van der Waals surface area contributed by atoms with Crippen molar-refractivity contribution in [3.8, 4) is 0 Å². The zero-order valence-electron chi connectivity index (χ0n) is 30.5. The first-order chi connectivity index (χ1) is 22.1. The number of aliphatic hydroxyl groups excluding tert-OH is 3. The Kier molecular flexibility index (Phi) is 35.7. The van der Waals surface area contributed by atoms with Gasteiger partial charge in [0.2, 0.25) is 5.91 Å². The quantitative estimate of drug-likeness (QED) is 0.0509. The van der Waals surface area contributed by atoms with Crippen molar-refractivity contribution in [2.45, 2.75) is 244 Å². The first-order valence-corrected chi connectivity index (χ1v) is 20.3. The number of amides is 1. The molecule has 0 saturated carbocycles. The Morgan fingerprint density at radius 3 is 1.07 bits per heavy atom. The highest BCUT2D eigenvalue weighted by molar-refractivity contribution is 5.76. The number of hydrogen-bond donors (Lipinski definition) is 4. The monoisotopic (exact) mass is 640 g/mol. The second kappa shape index (κ2) is 36.2. The largest absolute Gasteiger partial charge is 0.394 e. The number of aliphatic hydroxyl groups is 3. The van der Waals surface area contributed by atoms with E-state index in [9.17, 15) is 20.1 Å². The van der Waals surface area contributed by atoms with Crippen LogP contribution in [0.4, 0.5) is 0 Å².